The SMILES string of the molecule is CC1=CC(c2cccc([N+](=O)[O-])c2Cl)N(C(=O)O)C(N)=N1. The minimum absolute atomic E-state index is 0.127. The molecule has 8 nitrogen and oxygen atoms in total. The predicted molar refractivity (Wildman–Crippen MR) is 76.1 cm³/mol. The minimum atomic E-state index is -1.33. The average molecular weight is 311 g/mol. The van der Waals surface area contributed by atoms with Crippen molar-refractivity contribution in [2.75, 3.05) is 0 Å². The number of amides is 1. The van der Waals surface area contributed by atoms with Gasteiger partial charge in [-0.1, -0.05) is 23.7 Å². The number of nitrogens with zero attached hydrogens (tertiary/aromatic N) is 3. The molecule has 0 aromatic heterocycles. The van der Waals surface area contributed by atoms with Crippen molar-refractivity contribution in [3.8, 4) is 0 Å². The van der Waals surface area contributed by atoms with E-state index in [1.165, 1.54) is 24.3 Å². The minimum Gasteiger partial charge on any atom is -0.465 e. The summed E-state index contributed by atoms with van der Waals surface area (Å²) in [6.45, 7) is 1.64. The molecule has 9 heteroatoms. The van der Waals surface area contributed by atoms with Crippen molar-refractivity contribution in [1.29, 1.82) is 0 Å². The van der Waals surface area contributed by atoms with Crippen LogP contribution in [0.3, 0.4) is 0 Å². The summed E-state index contributed by atoms with van der Waals surface area (Å²) in [5, 5.41) is 20.1. The third kappa shape index (κ3) is 2.65. The zero-order valence-corrected chi connectivity index (χ0v) is 11.6. The molecule has 0 bridgehead atoms. The van der Waals surface area contributed by atoms with Gasteiger partial charge in [-0.15, -0.1) is 0 Å². The molecule has 1 aliphatic rings. The van der Waals surface area contributed by atoms with Crippen molar-refractivity contribution in [3.05, 3.63) is 50.7 Å². The maximum Gasteiger partial charge on any atom is 0.415 e. The zero-order valence-electron chi connectivity index (χ0n) is 10.9. The molecule has 1 amide bonds. The number of nitro benzene ring substituents is 1. The van der Waals surface area contributed by atoms with Gasteiger partial charge in [0.25, 0.3) is 5.69 Å². The van der Waals surface area contributed by atoms with Crippen LogP contribution in [0.2, 0.25) is 5.02 Å². The molecule has 1 heterocycles. The summed E-state index contributed by atoms with van der Waals surface area (Å²) in [7, 11) is 0. The lowest BCUT2D eigenvalue weighted by atomic mass is 10.0. The number of nitrogens with two attached hydrogens (primary N) is 1. The van der Waals surface area contributed by atoms with Crippen LogP contribution in [0, 0.1) is 10.1 Å². The van der Waals surface area contributed by atoms with E-state index in [0.29, 0.717) is 5.70 Å². The van der Waals surface area contributed by atoms with Crippen molar-refractivity contribution in [3.63, 3.8) is 0 Å². The normalized spacial score (nSPS) is 18.0. The summed E-state index contributed by atoms with van der Waals surface area (Å²) in [6.07, 6.45) is 0.197. The van der Waals surface area contributed by atoms with Gasteiger partial charge in [-0.05, 0) is 13.0 Å². The largest absolute Gasteiger partial charge is 0.465 e. The molecule has 21 heavy (non-hydrogen) atoms. The molecule has 110 valence electrons. The highest BCUT2D eigenvalue weighted by Gasteiger charge is 2.32. The van der Waals surface area contributed by atoms with Gasteiger partial charge < -0.3 is 10.8 Å². The molecule has 0 aliphatic carbocycles. The van der Waals surface area contributed by atoms with Gasteiger partial charge >= 0.3 is 6.09 Å². The van der Waals surface area contributed by atoms with Gasteiger partial charge in [0, 0.05) is 17.3 Å². The van der Waals surface area contributed by atoms with Gasteiger partial charge in [-0.3, -0.25) is 10.1 Å². The van der Waals surface area contributed by atoms with Crippen molar-refractivity contribution < 1.29 is 14.8 Å². The van der Waals surface area contributed by atoms with E-state index in [1.807, 2.05) is 0 Å². The highest BCUT2D eigenvalue weighted by molar-refractivity contribution is 6.33. The summed E-state index contributed by atoms with van der Waals surface area (Å²) in [5.41, 5.74) is 6.09. The Morgan fingerprint density at radius 1 is 1.57 bits per heavy atom. The number of nitro groups is 1. The Hall–Kier alpha value is -2.61. The Bertz CT molecular complexity index is 686. The van der Waals surface area contributed by atoms with Crippen LogP contribution < -0.4 is 5.73 Å². The quantitative estimate of drug-likeness (QED) is 0.642. The summed E-state index contributed by atoms with van der Waals surface area (Å²) < 4.78 is 0. The van der Waals surface area contributed by atoms with Crippen LogP contribution >= 0.6 is 11.6 Å². The third-order valence-electron chi connectivity index (χ3n) is 2.94. The molecular weight excluding hydrogens is 300 g/mol. The predicted octanol–water partition coefficient (Wildman–Crippen LogP) is 2.50. The van der Waals surface area contributed by atoms with Gasteiger partial charge in [0.05, 0.1) is 11.0 Å². The monoisotopic (exact) mass is 310 g/mol. The Morgan fingerprint density at radius 2 is 2.24 bits per heavy atom. The van der Waals surface area contributed by atoms with E-state index in [9.17, 15) is 20.0 Å². The highest BCUT2D eigenvalue weighted by Crippen LogP contribution is 2.36. The fourth-order valence-corrected chi connectivity index (χ4v) is 2.38. The lowest BCUT2D eigenvalue weighted by molar-refractivity contribution is -0.384. The van der Waals surface area contributed by atoms with Crippen molar-refractivity contribution in [1.82, 2.24) is 4.90 Å². The lowest BCUT2D eigenvalue weighted by Crippen LogP contribution is -2.44. The number of hydrogen-bond acceptors (Lipinski definition) is 5. The number of hydrogen-bond donors (Lipinski definition) is 2. The molecule has 2 rings (SSSR count). The number of guanidine groups is 1. The Morgan fingerprint density at radius 3 is 2.81 bits per heavy atom. The van der Waals surface area contributed by atoms with Crippen molar-refractivity contribution in [2.24, 2.45) is 10.7 Å². The highest BCUT2D eigenvalue weighted by atomic mass is 35.5. The van der Waals surface area contributed by atoms with Crippen molar-refractivity contribution >= 4 is 29.3 Å². The van der Waals surface area contributed by atoms with Gasteiger partial charge in [0.2, 0.25) is 5.96 Å². The molecule has 3 N–H and O–H groups in total. The molecule has 1 aromatic carbocycles. The first-order chi connectivity index (χ1) is 9.82. The second-order valence-corrected chi connectivity index (χ2v) is 4.69. The van der Waals surface area contributed by atoms with Crippen LogP contribution in [-0.2, 0) is 0 Å². The molecule has 0 saturated carbocycles. The maximum atomic E-state index is 11.3. The second kappa shape index (κ2) is 5.41. The van der Waals surface area contributed by atoms with Gasteiger partial charge in [-0.2, -0.15) is 0 Å². The molecule has 1 aliphatic heterocycles. The van der Waals surface area contributed by atoms with E-state index >= 15 is 0 Å². The summed E-state index contributed by atoms with van der Waals surface area (Å²) in [4.78, 5) is 26.3. The molecular formula is C12H11ClN4O4. The Labute approximate surface area is 124 Å². The van der Waals surface area contributed by atoms with Crippen LogP contribution in [0.5, 0.6) is 0 Å². The zero-order chi connectivity index (χ0) is 15.7. The molecule has 1 aromatic rings. The Balaban J connectivity index is 2.59. The van der Waals surface area contributed by atoms with Crippen molar-refractivity contribution in [2.45, 2.75) is 13.0 Å². The topological polar surface area (TPSA) is 122 Å². The number of carbonyl (C=O) groups is 1. The fourth-order valence-electron chi connectivity index (χ4n) is 2.07. The second-order valence-electron chi connectivity index (χ2n) is 4.31. The molecule has 0 spiro atoms. The smallest absolute Gasteiger partial charge is 0.415 e. The van der Waals surface area contributed by atoms with Gasteiger partial charge in [0.1, 0.15) is 5.02 Å². The third-order valence-corrected chi connectivity index (χ3v) is 3.36. The van der Waals surface area contributed by atoms with Gasteiger partial charge in [0.15, 0.2) is 0 Å². The number of aliphatic imine (C=N–C) groups is 1. The molecule has 1 atom stereocenters. The molecule has 0 radical (unpaired) electrons. The van der Waals surface area contributed by atoms with E-state index in [4.69, 9.17) is 17.3 Å². The van der Waals surface area contributed by atoms with Crippen LogP contribution in [-0.4, -0.2) is 27.0 Å². The molecule has 0 fully saturated rings. The molecule has 0 saturated heterocycles. The van der Waals surface area contributed by atoms with Crippen LogP contribution in [0.1, 0.15) is 18.5 Å². The van der Waals surface area contributed by atoms with E-state index in [2.05, 4.69) is 4.99 Å². The molecule has 1 unspecified atom stereocenters. The number of benzene rings is 1. The maximum absolute atomic E-state index is 11.3. The summed E-state index contributed by atoms with van der Waals surface area (Å²) in [5.74, 6) is -0.213. The van der Waals surface area contributed by atoms with E-state index in [0.717, 1.165) is 4.90 Å². The fraction of sp³-hybridized carbons (Fsp3) is 0.167. The average Bonchev–Trinajstić information content (AvgIpc) is 2.36. The van der Waals surface area contributed by atoms with E-state index in [-0.39, 0.29) is 22.2 Å². The van der Waals surface area contributed by atoms with Crippen LogP contribution in [0.25, 0.3) is 0 Å². The number of carboxylic acid groups (broad SMARTS) is 1. The number of halogens is 1. The summed E-state index contributed by atoms with van der Waals surface area (Å²) in [6, 6.07) is 3.32. The van der Waals surface area contributed by atoms with Gasteiger partial charge in [-0.25, -0.2) is 14.7 Å². The lowest BCUT2D eigenvalue weighted by Gasteiger charge is -2.30. The van der Waals surface area contributed by atoms with E-state index in [1.54, 1.807) is 6.92 Å². The standard InChI is InChI=1S/C12H11ClN4O4/c1-6-5-9(16(12(18)19)11(14)15-6)7-3-2-4-8(10(7)13)17(20)21/h2-5,9H,1H3,(H2,14,15)(H,18,19). The first-order valence-electron chi connectivity index (χ1n) is 5.80. The van der Waals surface area contributed by atoms with Crippen LogP contribution in [0.15, 0.2) is 35.0 Å². The number of allylic oxidation sites excluding steroid dienone is 1. The van der Waals surface area contributed by atoms with E-state index < -0.39 is 17.1 Å². The first kappa shape index (κ1) is 14.8. The Kier molecular flexibility index (Phi) is 3.81. The first-order valence-corrected chi connectivity index (χ1v) is 6.18. The number of rotatable bonds is 2. The summed E-state index contributed by atoms with van der Waals surface area (Å²) >= 11 is 6.03. The van der Waals surface area contributed by atoms with Crippen LogP contribution in [0.4, 0.5) is 10.5 Å².